The van der Waals surface area contributed by atoms with E-state index in [-0.39, 0.29) is 15.8 Å². The molecule has 0 spiro atoms. The second-order valence-electron chi connectivity index (χ2n) is 10.2. The SMILES string of the molecule is c1ccc(P(CCCCCCCCCCCCP(c2ccccc2)c2ccccc2)c2ccccc2)cc1. The molecule has 4 rings (SSSR count). The van der Waals surface area contributed by atoms with Crippen LogP contribution in [0.4, 0.5) is 0 Å². The van der Waals surface area contributed by atoms with Crippen LogP contribution in [0.15, 0.2) is 121 Å². The molecule has 0 nitrogen and oxygen atoms in total. The van der Waals surface area contributed by atoms with Crippen LogP contribution in [0.5, 0.6) is 0 Å². The molecule has 0 radical (unpaired) electrons. The molecular formula is C36H44P2. The van der Waals surface area contributed by atoms with Crippen LogP contribution in [-0.2, 0) is 0 Å². The van der Waals surface area contributed by atoms with Crippen LogP contribution in [-0.4, -0.2) is 12.3 Å². The summed E-state index contributed by atoms with van der Waals surface area (Å²) in [6.45, 7) is 0. The molecule has 0 unspecified atom stereocenters. The molecule has 0 saturated carbocycles. The van der Waals surface area contributed by atoms with Crippen LogP contribution in [0.25, 0.3) is 0 Å². The highest BCUT2D eigenvalue weighted by molar-refractivity contribution is 7.73. The van der Waals surface area contributed by atoms with Crippen molar-refractivity contribution in [2.24, 2.45) is 0 Å². The van der Waals surface area contributed by atoms with Crippen molar-refractivity contribution in [1.82, 2.24) is 0 Å². The fourth-order valence-corrected chi connectivity index (χ4v) is 10.0. The Morgan fingerprint density at radius 1 is 0.263 bits per heavy atom. The van der Waals surface area contributed by atoms with Crippen molar-refractivity contribution < 1.29 is 0 Å². The largest absolute Gasteiger partial charge is 0.0622 e. The Balaban J connectivity index is 1.07. The van der Waals surface area contributed by atoms with Gasteiger partial charge in [-0.2, -0.15) is 0 Å². The average Bonchev–Trinajstić information content (AvgIpc) is 2.99. The maximum absolute atomic E-state index is 2.32. The second-order valence-corrected chi connectivity index (χ2v) is 14.9. The first-order valence-corrected chi connectivity index (χ1v) is 17.7. The molecule has 0 saturated heterocycles. The Labute approximate surface area is 234 Å². The van der Waals surface area contributed by atoms with E-state index < -0.39 is 0 Å². The maximum atomic E-state index is 2.32. The van der Waals surface area contributed by atoms with Gasteiger partial charge in [0.05, 0.1) is 0 Å². The summed E-state index contributed by atoms with van der Waals surface area (Å²) in [4.78, 5) is 0. The summed E-state index contributed by atoms with van der Waals surface area (Å²) in [5, 5.41) is 6.09. The van der Waals surface area contributed by atoms with E-state index in [1.807, 2.05) is 0 Å². The molecule has 2 heteroatoms. The van der Waals surface area contributed by atoms with E-state index >= 15 is 0 Å². The van der Waals surface area contributed by atoms with E-state index in [0.717, 1.165) is 0 Å². The van der Waals surface area contributed by atoms with Gasteiger partial charge in [0, 0.05) is 0 Å². The number of hydrogen-bond acceptors (Lipinski definition) is 0. The number of hydrogen-bond donors (Lipinski definition) is 0. The molecule has 0 heterocycles. The van der Waals surface area contributed by atoms with Gasteiger partial charge < -0.3 is 0 Å². The van der Waals surface area contributed by atoms with Crippen LogP contribution < -0.4 is 21.2 Å². The van der Waals surface area contributed by atoms with Gasteiger partial charge in [-0.15, -0.1) is 0 Å². The van der Waals surface area contributed by atoms with Crippen molar-refractivity contribution >= 4 is 37.1 Å². The van der Waals surface area contributed by atoms with Crippen molar-refractivity contribution in [1.29, 1.82) is 0 Å². The van der Waals surface area contributed by atoms with Gasteiger partial charge in [0.2, 0.25) is 0 Å². The predicted molar refractivity (Wildman–Crippen MR) is 174 cm³/mol. The summed E-state index contributed by atoms with van der Waals surface area (Å²) in [5.41, 5.74) is 0. The highest BCUT2D eigenvalue weighted by Gasteiger charge is 2.13. The Bertz CT molecular complexity index is 941. The monoisotopic (exact) mass is 538 g/mol. The Hall–Kier alpha value is -2.26. The number of benzene rings is 4. The van der Waals surface area contributed by atoms with Crippen molar-refractivity contribution in [2.75, 3.05) is 12.3 Å². The summed E-state index contributed by atoms with van der Waals surface area (Å²) in [7, 11) is -0.441. The van der Waals surface area contributed by atoms with Gasteiger partial charge in [0.25, 0.3) is 0 Å². The molecule has 4 aromatic rings. The summed E-state index contributed by atoms with van der Waals surface area (Å²) in [6.07, 6.45) is 16.5. The predicted octanol–water partition coefficient (Wildman–Crippen LogP) is 9.15. The lowest BCUT2D eigenvalue weighted by atomic mass is 10.1. The average molecular weight is 539 g/mol. The first-order chi connectivity index (χ1) is 18.9. The maximum Gasteiger partial charge on any atom is -0.0195 e. The fourth-order valence-electron chi connectivity index (χ4n) is 5.20. The van der Waals surface area contributed by atoms with E-state index in [2.05, 4.69) is 121 Å². The van der Waals surface area contributed by atoms with E-state index in [1.165, 1.54) is 97.8 Å². The van der Waals surface area contributed by atoms with Crippen LogP contribution >= 0.6 is 15.8 Å². The molecule has 4 aromatic carbocycles. The van der Waals surface area contributed by atoms with E-state index in [9.17, 15) is 0 Å². The topological polar surface area (TPSA) is 0 Å². The molecule has 0 aliphatic heterocycles. The lowest BCUT2D eigenvalue weighted by molar-refractivity contribution is 0.563. The number of rotatable bonds is 17. The zero-order valence-electron chi connectivity index (χ0n) is 22.9. The molecule has 0 fully saturated rings. The molecule has 0 bridgehead atoms. The minimum Gasteiger partial charge on any atom is -0.0622 e. The van der Waals surface area contributed by atoms with Crippen LogP contribution in [0.3, 0.4) is 0 Å². The Morgan fingerprint density at radius 2 is 0.474 bits per heavy atom. The van der Waals surface area contributed by atoms with Gasteiger partial charge in [-0.3, -0.25) is 0 Å². The summed E-state index contributed by atoms with van der Waals surface area (Å²) < 4.78 is 0. The minimum absolute atomic E-state index is 0.221. The molecular weight excluding hydrogens is 494 g/mol. The normalized spacial score (nSPS) is 11.3. The summed E-state index contributed by atoms with van der Waals surface area (Å²) in [5.74, 6) is 0. The Kier molecular flexibility index (Phi) is 13.1. The fraction of sp³-hybridized carbons (Fsp3) is 0.333. The molecule has 0 N–H and O–H groups in total. The van der Waals surface area contributed by atoms with E-state index in [0.29, 0.717) is 0 Å². The highest BCUT2D eigenvalue weighted by Crippen LogP contribution is 2.36. The Morgan fingerprint density at radius 3 is 0.711 bits per heavy atom. The van der Waals surface area contributed by atoms with Crippen molar-refractivity contribution in [3.8, 4) is 0 Å². The van der Waals surface area contributed by atoms with Gasteiger partial charge in [-0.05, 0) is 62.2 Å². The highest BCUT2D eigenvalue weighted by atomic mass is 31.1. The summed E-state index contributed by atoms with van der Waals surface area (Å²) in [6, 6.07) is 44.7. The second kappa shape index (κ2) is 17.4. The summed E-state index contributed by atoms with van der Waals surface area (Å²) >= 11 is 0. The van der Waals surface area contributed by atoms with E-state index in [4.69, 9.17) is 0 Å². The third-order valence-electron chi connectivity index (χ3n) is 7.28. The standard InChI is InChI=1S/C36H44P2/c1(3-5-7-21-31-37(33-23-13-9-14-24-33)34-25-15-10-16-26-34)2-4-6-8-22-32-38(35-27-17-11-18-28-35)36-29-19-12-20-30-36/h9-20,23-30H,1-8,21-22,31-32H2. The van der Waals surface area contributed by atoms with Gasteiger partial charge >= 0.3 is 0 Å². The molecule has 0 aliphatic carbocycles. The van der Waals surface area contributed by atoms with Gasteiger partial charge in [-0.1, -0.05) is 173 Å². The first-order valence-electron chi connectivity index (χ1n) is 14.7. The third-order valence-corrected chi connectivity index (χ3v) is 12.5. The van der Waals surface area contributed by atoms with Crippen LogP contribution in [0.2, 0.25) is 0 Å². The van der Waals surface area contributed by atoms with Crippen molar-refractivity contribution in [3.63, 3.8) is 0 Å². The molecule has 0 amide bonds. The molecule has 198 valence electrons. The lowest BCUT2D eigenvalue weighted by Crippen LogP contribution is -2.13. The van der Waals surface area contributed by atoms with Crippen molar-refractivity contribution in [2.45, 2.75) is 64.2 Å². The van der Waals surface area contributed by atoms with Gasteiger partial charge in [0.15, 0.2) is 0 Å². The third kappa shape index (κ3) is 9.80. The van der Waals surface area contributed by atoms with E-state index in [1.54, 1.807) is 0 Å². The van der Waals surface area contributed by atoms with Gasteiger partial charge in [-0.25, -0.2) is 0 Å². The molecule has 0 aromatic heterocycles. The zero-order chi connectivity index (χ0) is 26.1. The van der Waals surface area contributed by atoms with Crippen LogP contribution in [0, 0.1) is 0 Å². The van der Waals surface area contributed by atoms with Crippen LogP contribution in [0.1, 0.15) is 64.2 Å². The first kappa shape index (κ1) is 28.7. The smallest absolute Gasteiger partial charge is 0.0195 e. The molecule has 0 aliphatic rings. The molecule has 38 heavy (non-hydrogen) atoms. The van der Waals surface area contributed by atoms with Gasteiger partial charge in [0.1, 0.15) is 0 Å². The lowest BCUT2D eigenvalue weighted by Gasteiger charge is -2.18. The van der Waals surface area contributed by atoms with Crippen molar-refractivity contribution in [3.05, 3.63) is 121 Å². The zero-order valence-corrected chi connectivity index (χ0v) is 24.7. The minimum atomic E-state index is -0.221. The number of unbranched alkanes of at least 4 members (excludes halogenated alkanes) is 9. The molecule has 0 atom stereocenters. The quantitative estimate of drug-likeness (QED) is 0.0929.